The molecule has 1 N–H and O–H groups in total. The molecule has 0 aliphatic heterocycles. The number of aromatic nitrogens is 1. The van der Waals surface area contributed by atoms with Gasteiger partial charge >= 0.3 is 0 Å². The molecule has 0 aliphatic carbocycles. The van der Waals surface area contributed by atoms with E-state index in [1.807, 2.05) is 0 Å². The Bertz CT molecular complexity index is 540. The zero-order valence-corrected chi connectivity index (χ0v) is 13.7. The first kappa shape index (κ1) is 15.2. The highest BCUT2D eigenvalue weighted by Gasteiger charge is 2.14. The van der Waals surface area contributed by atoms with Gasteiger partial charge in [0.2, 0.25) is 0 Å². The smallest absolute Gasteiger partial charge is 0.0897 e. The van der Waals surface area contributed by atoms with E-state index in [4.69, 9.17) is 0 Å². The van der Waals surface area contributed by atoms with Gasteiger partial charge in [-0.15, -0.1) is 11.3 Å². The molecule has 0 saturated carbocycles. The van der Waals surface area contributed by atoms with Crippen LogP contribution in [0.3, 0.4) is 0 Å². The van der Waals surface area contributed by atoms with Crippen molar-refractivity contribution in [2.45, 2.75) is 46.6 Å². The third kappa shape index (κ3) is 3.90. The molecule has 0 saturated heterocycles. The molecule has 0 spiro atoms. The Balaban J connectivity index is 2.13. The van der Waals surface area contributed by atoms with Crippen LogP contribution < -0.4 is 5.32 Å². The largest absolute Gasteiger partial charge is 0.314 e. The SMILES string of the molecule is CCNC(Cc1csc(C)n1)Cc1c(C)cccc1C. The van der Waals surface area contributed by atoms with Crippen LogP contribution in [0.25, 0.3) is 0 Å². The molecule has 0 radical (unpaired) electrons. The van der Waals surface area contributed by atoms with Crippen LogP contribution in [0.1, 0.15) is 34.3 Å². The molecule has 1 unspecified atom stereocenters. The predicted molar refractivity (Wildman–Crippen MR) is 87.6 cm³/mol. The quantitative estimate of drug-likeness (QED) is 0.874. The minimum Gasteiger partial charge on any atom is -0.314 e. The molecule has 0 bridgehead atoms. The van der Waals surface area contributed by atoms with Crippen molar-refractivity contribution in [1.82, 2.24) is 10.3 Å². The fourth-order valence-corrected chi connectivity index (χ4v) is 3.30. The lowest BCUT2D eigenvalue weighted by Gasteiger charge is -2.19. The Kier molecular flexibility index (Phi) is 5.32. The lowest BCUT2D eigenvalue weighted by Crippen LogP contribution is -2.33. The predicted octanol–water partition coefficient (Wildman–Crippen LogP) is 3.83. The Labute approximate surface area is 126 Å². The first-order valence-corrected chi connectivity index (χ1v) is 8.17. The number of rotatable bonds is 6. The zero-order valence-electron chi connectivity index (χ0n) is 12.9. The summed E-state index contributed by atoms with van der Waals surface area (Å²) in [7, 11) is 0. The van der Waals surface area contributed by atoms with Gasteiger partial charge in [-0.05, 0) is 50.4 Å². The van der Waals surface area contributed by atoms with Gasteiger partial charge in [0.25, 0.3) is 0 Å². The van der Waals surface area contributed by atoms with E-state index < -0.39 is 0 Å². The van der Waals surface area contributed by atoms with Gasteiger partial charge in [-0.3, -0.25) is 0 Å². The summed E-state index contributed by atoms with van der Waals surface area (Å²) >= 11 is 1.74. The summed E-state index contributed by atoms with van der Waals surface area (Å²) in [6, 6.07) is 7.01. The Morgan fingerprint density at radius 2 is 1.85 bits per heavy atom. The van der Waals surface area contributed by atoms with Crippen LogP contribution in [0.15, 0.2) is 23.6 Å². The maximum Gasteiger partial charge on any atom is 0.0897 e. The molecule has 108 valence electrons. The van der Waals surface area contributed by atoms with Crippen LogP contribution in [0.2, 0.25) is 0 Å². The van der Waals surface area contributed by atoms with E-state index in [-0.39, 0.29) is 0 Å². The van der Waals surface area contributed by atoms with Crippen molar-refractivity contribution in [2.75, 3.05) is 6.54 Å². The van der Waals surface area contributed by atoms with Gasteiger partial charge in [0, 0.05) is 17.8 Å². The normalized spacial score (nSPS) is 12.6. The van der Waals surface area contributed by atoms with E-state index in [0.29, 0.717) is 6.04 Å². The van der Waals surface area contributed by atoms with Gasteiger partial charge in [-0.25, -0.2) is 4.98 Å². The third-order valence-corrected chi connectivity index (χ3v) is 4.53. The lowest BCUT2D eigenvalue weighted by molar-refractivity contribution is 0.515. The molecule has 2 aromatic rings. The first-order valence-electron chi connectivity index (χ1n) is 7.29. The Hall–Kier alpha value is -1.19. The molecular formula is C17H24N2S. The summed E-state index contributed by atoms with van der Waals surface area (Å²) < 4.78 is 0. The summed E-state index contributed by atoms with van der Waals surface area (Å²) in [6.45, 7) is 9.65. The Morgan fingerprint density at radius 1 is 1.15 bits per heavy atom. The minimum absolute atomic E-state index is 0.460. The summed E-state index contributed by atoms with van der Waals surface area (Å²) in [5.74, 6) is 0. The molecule has 1 aromatic heterocycles. The van der Waals surface area contributed by atoms with Crippen LogP contribution >= 0.6 is 11.3 Å². The summed E-state index contributed by atoms with van der Waals surface area (Å²) in [6.07, 6.45) is 2.08. The number of aryl methyl sites for hydroxylation is 3. The van der Waals surface area contributed by atoms with Crippen molar-refractivity contribution in [3.05, 3.63) is 51.0 Å². The van der Waals surface area contributed by atoms with Crippen molar-refractivity contribution < 1.29 is 0 Å². The van der Waals surface area contributed by atoms with Crippen molar-refractivity contribution in [3.63, 3.8) is 0 Å². The summed E-state index contributed by atoms with van der Waals surface area (Å²) in [5.41, 5.74) is 5.47. The van der Waals surface area contributed by atoms with Gasteiger partial charge in [0.15, 0.2) is 0 Å². The van der Waals surface area contributed by atoms with E-state index >= 15 is 0 Å². The average molecular weight is 288 g/mol. The molecule has 0 aliphatic rings. The molecule has 1 atom stereocenters. The number of hydrogen-bond donors (Lipinski definition) is 1. The third-order valence-electron chi connectivity index (χ3n) is 3.71. The van der Waals surface area contributed by atoms with E-state index in [0.717, 1.165) is 24.4 Å². The molecule has 2 rings (SSSR count). The van der Waals surface area contributed by atoms with Crippen molar-refractivity contribution in [1.29, 1.82) is 0 Å². The van der Waals surface area contributed by atoms with Crippen molar-refractivity contribution >= 4 is 11.3 Å². The fourth-order valence-electron chi connectivity index (χ4n) is 2.68. The lowest BCUT2D eigenvalue weighted by atomic mass is 9.94. The van der Waals surface area contributed by atoms with Crippen LogP contribution in [-0.2, 0) is 12.8 Å². The van der Waals surface area contributed by atoms with Gasteiger partial charge < -0.3 is 5.32 Å². The summed E-state index contributed by atoms with van der Waals surface area (Å²) in [5, 5.41) is 6.95. The van der Waals surface area contributed by atoms with E-state index in [9.17, 15) is 0 Å². The van der Waals surface area contributed by atoms with Crippen LogP contribution in [0.4, 0.5) is 0 Å². The van der Waals surface area contributed by atoms with Crippen LogP contribution in [0, 0.1) is 20.8 Å². The average Bonchev–Trinajstić information content (AvgIpc) is 2.80. The fraction of sp³-hybridized carbons (Fsp3) is 0.471. The number of thiazole rings is 1. The van der Waals surface area contributed by atoms with Crippen molar-refractivity contribution in [3.8, 4) is 0 Å². The molecule has 1 aromatic carbocycles. The number of nitrogens with one attached hydrogen (secondary N) is 1. The zero-order chi connectivity index (χ0) is 14.5. The molecule has 1 heterocycles. The van der Waals surface area contributed by atoms with Crippen molar-refractivity contribution in [2.24, 2.45) is 0 Å². The number of likely N-dealkylation sites (N-methyl/N-ethyl adjacent to an activating group) is 1. The number of benzene rings is 1. The van der Waals surface area contributed by atoms with Gasteiger partial charge in [0.05, 0.1) is 10.7 Å². The number of hydrogen-bond acceptors (Lipinski definition) is 3. The van der Waals surface area contributed by atoms with Crippen LogP contribution in [-0.4, -0.2) is 17.6 Å². The second-order valence-corrected chi connectivity index (χ2v) is 6.45. The molecule has 2 nitrogen and oxygen atoms in total. The van der Waals surface area contributed by atoms with Gasteiger partial charge in [-0.1, -0.05) is 25.1 Å². The minimum atomic E-state index is 0.460. The number of nitrogens with zero attached hydrogens (tertiary/aromatic N) is 1. The topological polar surface area (TPSA) is 24.9 Å². The van der Waals surface area contributed by atoms with E-state index in [1.165, 1.54) is 22.4 Å². The maximum atomic E-state index is 4.60. The second-order valence-electron chi connectivity index (χ2n) is 5.39. The molecule has 0 amide bonds. The maximum absolute atomic E-state index is 4.60. The van der Waals surface area contributed by atoms with Gasteiger partial charge in [0.1, 0.15) is 0 Å². The van der Waals surface area contributed by atoms with Gasteiger partial charge in [-0.2, -0.15) is 0 Å². The molecular weight excluding hydrogens is 264 g/mol. The standard InChI is InChI=1S/C17H24N2S/c1-5-18-15(9-16-11-20-14(4)19-16)10-17-12(2)7-6-8-13(17)3/h6-8,11,15,18H,5,9-10H2,1-4H3. The van der Waals surface area contributed by atoms with E-state index in [1.54, 1.807) is 11.3 Å². The highest BCUT2D eigenvalue weighted by molar-refractivity contribution is 7.09. The second kappa shape index (κ2) is 7.00. The monoisotopic (exact) mass is 288 g/mol. The Morgan fingerprint density at radius 3 is 2.40 bits per heavy atom. The van der Waals surface area contributed by atoms with Crippen LogP contribution in [0.5, 0.6) is 0 Å². The molecule has 20 heavy (non-hydrogen) atoms. The first-order chi connectivity index (χ1) is 9.60. The molecule has 3 heteroatoms. The summed E-state index contributed by atoms with van der Waals surface area (Å²) in [4.78, 5) is 4.60. The highest BCUT2D eigenvalue weighted by Crippen LogP contribution is 2.18. The molecule has 0 fully saturated rings. The highest BCUT2D eigenvalue weighted by atomic mass is 32.1. The van der Waals surface area contributed by atoms with E-state index in [2.05, 4.69) is 61.6 Å².